The lowest BCUT2D eigenvalue weighted by molar-refractivity contribution is -0.129. The molecule has 1 saturated heterocycles. The molecule has 1 aliphatic rings. The van der Waals surface area contributed by atoms with Crippen LogP contribution in [0.15, 0.2) is 18.3 Å². The van der Waals surface area contributed by atoms with E-state index in [1.807, 2.05) is 17.2 Å². The highest BCUT2D eigenvalue weighted by Gasteiger charge is 2.20. The van der Waals surface area contributed by atoms with Crippen LogP contribution >= 0.6 is 0 Å². The molecule has 5 nitrogen and oxygen atoms in total. The fraction of sp³-hybridized carbons (Fsp3) is 0.571. The van der Waals surface area contributed by atoms with Crippen LogP contribution in [0.3, 0.4) is 0 Å². The summed E-state index contributed by atoms with van der Waals surface area (Å²) in [5.41, 5.74) is 1.22. The van der Waals surface area contributed by atoms with E-state index in [4.69, 9.17) is 0 Å². The summed E-state index contributed by atoms with van der Waals surface area (Å²) >= 11 is 0. The quantitative estimate of drug-likeness (QED) is 0.874. The Labute approximate surface area is 114 Å². The van der Waals surface area contributed by atoms with Crippen LogP contribution in [0.2, 0.25) is 0 Å². The number of amides is 1. The van der Waals surface area contributed by atoms with Gasteiger partial charge in [0.25, 0.3) is 0 Å². The number of pyridine rings is 1. The molecule has 1 fully saturated rings. The zero-order valence-electron chi connectivity index (χ0n) is 11.7. The molecular formula is C14H22N4O. The molecule has 0 aliphatic carbocycles. The predicted molar refractivity (Wildman–Crippen MR) is 76.1 cm³/mol. The topological polar surface area (TPSA) is 48.5 Å². The summed E-state index contributed by atoms with van der Waals surface area (Å²) in [4.78, 5) is 20.0. The van der Waals surface area contributed by atoms with E-state index in [1.54, 1.807) is 6.92 Å². The number of hydrogen-bond donors (Lipinski definition) is 1. The van der Waals surface area contributed by atoms with E-state index < -0.39 is 0 Å². The molecule has 19 heavy (non-hydrogen) atoms. The van der Waals surface area contributed by atoms with Gasteiger partial charge in [0.05, 0.1) is 0 Å². The van der Waals surface area contributed by atoms with Crippen LogP contribution in [0.25, 0.3) is 0 Å². The average Bonchev–Trinajstić information content (AvgIpc) is 2.45. The first kappa shape index (κ1) is 13.8. The van der Waals surface area contributed by atoms with E-state index in [0.29, 0.717) is 0 Å². The van der Waals surface area contributed by atoms with Gasteiger partial charge in [-0.25, -0.2) is 4.98 Å². The standard InChI is InChI=1S/C14H22N4O/c1-3-15-11-13-5-4-6-16-14(13)18-9-7-17(8-10-18)12(2)19/h4-6,15H,3,7-11H2,1-2H3. The van der Waals surface area contributed by atoms with E-state index >= 15 is 0 Å². The molecule has 1 aromatic rings. The number of nitrogens with one attached hydrogen (secondary N) is 1. The Balaban J connectivity index is 2.04. The monoisotopic (exact) mass is 262 g/mol. The minimum absolute atomic E-state index is 0.161. The van der Waals surface area contributed by atoms with Crippen LogP contribution in [0.1, 0.15) is 19.4 Å². The van der Waals surface area contributed by atoms with Gasteiger partial charge in [0, 0.05) is 51.4 Å². The second kappa shape index (κ2) is 6.52. The van der Waals surface area contributed by atoms with Gasteiger partial charge in [-0.2, -0.15) is 0 Å². The molecule has 1 aromatic heterocycles. The number of hydrogen-bond acceptors (Lipinski definition) is 4. The van der Waals surface area contributed by atoms with Crippen molar-refractivity contribution in [3.63, 3.8) is 0 Å². The molecule has 1 amide bonds. The summed E-state index contributed by atoms with van der Waals surface area (Å²) in [7, 11) is 0. The van der Waals surface area contributed by atoms with Crippen molar-refractivity contribution in [2.24, 2.45) is 0 Å². The number of carbonyl (C=O) groups excluding carboxylic acids is 1. The number of carbonyl (C=O) groups is 1. The van der Waals surface area contributed by atoms with Crippen molar-refractivity contribution >= 4 is 11.7 Å². The highest BCUT2D eigenvalue weighted by Crippen LogP contribution is 2.18. The molecular weight excluding hydrogens is 240 g/mol. The lowest BCUT2D eigenvalue weighted by Crippen LogP contribution is -2.48. The van der Waals surface area contributed by atoms with Crippen LogP contribution in [-0.2, 0) is 11.3 Å². The maximum absolute atomic E-state index is 11.3. The van der Waals surface area contributed by atoms with Crippen molar-refractivity contribution < 1.29 is 4.79 Å². The lowest BCUT2D eigenvalue weighted by atomic mass is 10.2. The maximum atomic E-state index is 11.3. The molecule has 104 valence electrons. The molecule has 1 N–H and O–H groups in total. The highest BCUT2D eigenvalue weighted by atomic mass is 16.2. The van der Waals surface area contributed by atoms with Gasteiger partial charge in [0.2, 0.25) is 5.91 Å². The van der Waals surface area contributed by atoms with Crippen molar-refractivity contribution in [1.82, 2.24) is 15.2 Å². The summed E-state index contributed by atoms with van der Waals surface area (Å²) in [6, 6.07) is 4.09. The molecule has 0 radical (unpaired) electrons. The third-order valence-corrected chi connectivity index (χ3v) is 3.46. The summed E-state index contributed by atoms with van der Waals surface area (Å²) < 4.78 is 0. The van der Waals surface area contributed by atoms with E-state index in [2.05, 4.69) is 28.2 Å². The minimum atomic E-state index is 0.161. The second-order valence-electron chi connectivity index (χ2n) is 4.76. The minimum Gasteiger partial charge on any atom is -0.353 e. The predicted octanol–water partition coefficient (Wildman–Crippen LogP) is 0.860. The van der Waals surface area contributed by atoms with Crippen LogP contribution < -0.4 is 10.2 Å². The van der Waals surface area contributed by atoms with Gasteiger partial charge in [-0.1, -0.05) is 13.0 Å². The first-order valence-corrected chi connectivity index (χ1v) is 6.87. The second-order valence-corrected chi connectivity index (χ2v) is 4.76. The van der Waals surface area contributed by atoms with E-state index in [-0.39, 0.29) is 5.91 Å². The lowest BCUT2D eigenvalue weighted by Gasteiger charge is -2.35. The van der Waals surface area contributed by atoms with Gasteiger partial charge >= 0.3 is 0 Å². The Hall–Kier alpha value is -1.62. The first-order chi connectivity index (χ1) is 9.22. The SMILES string of the molecule is CCNCc1cccnc1N1CCN(C(C)=O)CC1. The maximum Gasteiger partial charge on any atom is 0.219 e. The molecule has 2 heterocycles. The zero-order valence-corrected chi connectivity index (χ0v) is 11.7. The average molecular weight is 262 g/mol. The Morgan fingerprint density at radius 2 is 2.11 bits per heavy atom. The molecule has 0 atom stereocenters. The summed E-state index contributed by atoms with van der Waals surface area (Å²) in [6.45, 7) is 8.80. The molecule has 0 bridgehead atoms. The summed E-state index contributed by atoms with van der Waals surface area (Å²) in [5, 5.41) is 3.34. The number of aromatic nitrogens is 1. The normalized spacial score (nSPS) is 15.7. The molecule has 0 saturated carbocycles. The van der Waals surface area contributed by atoms with Gasteiger partial charge in [0.15, 0.2) is 0 Å². The molecule has 1 aliphatic heterocycles. The third-order valence-electron chi connectivity index (χ3n) is 3.46. The molecule has 5 heteroatoms. The highest BCUT2D eigenvalue weighted by molar-refractivity contribution is 5.73. The first-order valence-electron chi connectivity index (χ1n) is 6.87. The van der Waals surface area contributed by atoms with Crippen molar-refractivity contribution in [2.75, 3.05) is 37.6 Å². The Kier molecular flexibility index (Phi) is 4.74. The van der Waals surface area contributed by atoms with Crippen LogP contribution in [0, 0.1) is 0 Å². The van der Waals surface area contributed by atoms with Gasteiger partial charge in [-0.15, -0.1) is 0 Å². The van der Waals surface area contributed by atoms with Gasteiger partial charge in [-0.05, 0) is 12.6 Å². The summed E-state index contributed by atoms with van der Waals surface area (Å²) in [6.07, 6.45) is 1.84. The van der Waals surface area contributed by atoms with E-state index in [0.717, 1.165) is 45.1 Å². The third kappa shape index (κ3) is 3.44. The van der Waals surface area contributed by atoms with Crippen molar-refractivity contribution in [1.29, 1.82) is 0 Å². The van der Waals surface area contributed by atoms with Crippen LogP contribution in [0.5, 0.6) is 0 Å². The van der Waals surface area contributed by atoms with Crippen LogP contribution in [-0.4, -0.2) is 48.5 Å². The smallest absolute Gasteiger partial charge is 0.219 e. The number of nitrogens with zero attached hydrogens (tertiary/aromatic N) is 3. The largest absolute Gasteiger partial charge is 0.353 e. The van der Waals surface area contributed by atoms with E-state index in [1.165, 1.54) is 5.56 Å². The molecule has 2 rings (SSSR count). The number of anilines is 1. The van der Waals surface area contributed by atoms with Crippen molar-refractivity contribution in [2.45, 2.75) is 20.4 Å². The Bertz CT molecular complexity index is 427. The van der Waals surface area contributed by atoms with Crippen molar-refractivity contribution in [3.05, 3.63) is 23.9 Å². The van der Waals surface area contributed by atoms with Gasteiger partial charge in [-0.3, -0.25) is 4.79 Å². The number of piperazine rings is 1. The van der Waals surface area contributed by atoms with Gasteiger partial charge < -0.3 is 15.1 Å². The van der Waals surface area contributed by atoms with E-state index in [9.17, 15) is 4.79 Å². The van der Waals surface area contributed by atoms with Crippen molar-refractivity contribution in [3.8, 4) is 0 Å². The molecule has 0 spiro atoms. The number of rotatable bonds is 4. The zero-order chi connectivity index (χ0) is 13.7. The Morgan fingerprint density at radius 1 is 1.37 bits per heavy atom. The summed E-state index contributed by atoms with van der Waals surface area (Å²) in [5.74, 6) is 1.21. The molecule has 0 aromatic carbocycles. The van der Waals surface area contributed by atoms with Gasteiger partial charge in [0.1, 0.15) is 5.82 Å². The van der Waals surface area contributed by atoms with Crippen LogP contribution in [0.4, 0.5) is 5.82 Å². The fourth-order valence-electron chi connectivity index (χ4n) is 2.35. The fourth-order valence-corrected chi connectivity index (χ4v) is 2.35. The molecule has 0 unspecified atom stereocenters. The Morgan fingerprint density at radius 3 is 2.74 bits per heavy atom.